The van der Waals surface area contributed by atoms with Gasteiger partial charge in [-0.3, -0.25) is 0 Å². The zero-order valence-electron chi connectivity index (χ0n) is 31.6. The van der Waals surface area contributed by atoms with Crippen LogP contribution in [0.2, 0.25) is 0 Å². The highest BCUT2D eigenvalue weighted by molar-refractivity contribution is 6.37. The lowest BCUT2D eigenvalue weighted by Crippen LogP contribution is -2.00. The molecule has 0 fully saturated rings. The van der Waals surface area contributed by atoms with E-state index in [1.807, 2.05) is 30.3 Å². The van der Waals surface area contributed by atoms with Crippen LogP contribution < -0.4 is 0 Å². The summed E-state index contributed by atoms with van der Waals surface area (Å²) >= 11 is 0. The number of benzene rings is 10. The summed E-state index contributed by atoms with van der Waals surface area (Å²) in [6.45, 7) is 0. The second-order valence-electron chi connectivity index (χ2n) is 15.5. The van der Waals surface area contributed by atoms with Gasteiger partial charge in [-0.15, -0.1) is 0 Å². The second kappa shape index (κ2) is 12.3. The largest absolute Gasteiger partial charge is 0.455 e. The third-order valence-corrected chi connectivity index (χ3v) is 12.2. The van der Waals surface area contributed by atoms with E-state index in [0.717, 1.165) is 55.1 Å². The van der Waals surface area contributed by atoms with Gasteiger partial charge in [-0.25, -0.2) is 15.0 Å². The molecule has 0 N–H and O–H groups in total. The lowest BCUT2D eigenvalue weighted by molar-refractivity contribution is 0.670. The van der Waals surface area contributed by atoms with Crippen molar-refractivity contribution in [2.24, 2.45) is 0 Å². The molecule has 0 spiro atoms. The minimum Gasteiger partial charge on any atom is -0.455 e. The number of fused-ring (bicyclic) bond motifs is 5. The molecule has 0 amide bonds. The average molecular weight is 750 g/mol. The van der Waals surface area contributed by atoms with Gasteiger partial charge < -0.3 is 4.42 Å². The maximum atomic E-state index is 6.46. The van der Waals surface area contributed by atoms with Crippen LogP contribution >= 0.6 is 0 Å². The van der Waals surface area contributed by atoms with Crippen molar-refractivity contribution >= 4 is 86.6 Å². The van der Waals surface area contributed by atoms with Crippen molar-refractivity contribution in [1.29, 1.82) is 0 Å². The molecule has 272 valence electrons. The third-order valence-electron chi connectivity index (χ3n) is 12.2. The van der Waals surface area contributed by atoms with Crippen LogP contribution in [0.5, 0.6) is 0 Å². The van der Waals surface area contributed by atoms with Crippen LogP contribution in [0.4, 0.5) is 0 Å². The summed E-state index contributed by atoms with van der Waals surface area (Å²) < 4.78 is 6.46. The standard InChI is InChI=1S/C55H31N3O/c1-2-11-35(12-3-1)53-56-54(38-17-6-16-36(29-38)40-19-10-23-45-41-18-4-5-24-47(41)59-52(40)45)58-55(57-53)39-30-37-28-27-34-14-8-21-43-42-20-7-13-32-25-26-33-15-9-22-44(50(33)48(32)42)46(31-39)51(37)49(34)43/h1-31H. The van der Waals surface area contributed by atoms with Crippen LogP contribution in [-0.2, 0) is 0 Å². The Morgan fingerprint density at radius 2 is 0.780 bits per heavy atom. The third kappa shape index (κ3) is 4.81. The fourth-order valence-electron chi connectivity index (χ4n) is 9.56. The minimum atomic E-state index is 0.608. The van der Waals surface area contributed by atoms with Crippen molar-refractivity contribution in [2.75, 3.05) is 0 Å². The minimum absolute atomic E-state index is 0.608. The first-order valence-electron chi connectivity index (χ1n) is 20.0. The van der Waals surface area contributed by atoms with Crippen molar-refractivity contribution in [3.8, 4) is 45.3 Å². The van der Waals surface area contributed by atoms with Gasteiger partial charge in [-0.05, 0) is 94.5 Å². The zero-order valence-corrected chi connectivity index (χ0v) is 31.6. The summed E-state index contributed by atoms with van der Waals surface area (Å²) in [4.78, 5) is 15.7. The van der Waals surface area contributed by atoms with Gasteiger partial charge in [-0.2, -0.15) is 0 Å². The van der Waals surface area contributed by atoms with Crippen molar-refractivity contribution in [3.05, 3.63) is 188 Å². The molecule has 11 aromatic carbocycles. The van der Waals surface area contributed by atoms with E-state index in [1.54, 1.807) is 0 Å². The number of nitrogens with zero attached hydrogens (tertiary/aromatic N) is 3. The van der Waals surface area contributed by atoms with Gasteiger partial charge in [0, 0.05) is 33.0 Å². The first-order valence-corrected chi connectivity index (χ1v) is 20.0. The number of furan rings is 1. The molecule has 59 heavy (non-hydrogen) atoms. The van der Waals surface area contributed by atoms with Gasteiger partial charge in [0.15, 0.2) is 17.5 Å². The molecule has 4 heteroatoms. The van der Waals surface area contributed by atoms with Crippen LogP contribution in [0.25, 0.3) is 132 Å². The molecular weight excluding hydrogens is 719 g/mol. The molecule has 0 saturated carbocycles. The van der Waals surface area contributed by atoms with E-state index >= 15 is 0 Å². The van der Waals surface area contributed by atoms with Crippen LogP contribution in [0, 0.1) is 0 Å². The molecule has 0 saturated heterocycles. The van der Waals surface area contributed by atoms with E-state index in [1.165, 1.54) is 59.2 Å². The predicted octanol–water partition coefficient (Wildman–Crippen LogP) is 14.8. The first-order chi connectivity index (χ1) is 29.2. The average Bonchev–Trinajstić information content (AvgIpc) is 3.69. The summed E-state index contributed by atoms with van der Waals surface area (Å²) in [7, 11) is 0. The molecule has 0 aliphatic rings. The smallest absolute Gasteiger partial charge is 0.164 e. The lowest BCUT2D eigenvalue weighted by atomic mass is 9.87. The van der Waals surface area contributed by atoms with Crippen LogP contribution in [0.1, 0.15) is 0 Å². The monoisotopic (exact) mass is 749 g/mol. The van der Waals surface area contributed by atoms with Crippen molar-refractivity contribution in [3.63, 3.8) is 0 Å². The summed E-state index contributed by atoms with van der Waals surface area (Å²) in [5.41, 5.74) is 6.57. The van der Waals surface area contributed by atoms with Gasteiger partial charge >= 0.3 is 0 Å². The Kier molecular flexibility index (Phi) is 6.69. The molecule has 2 heterocycles. The predicted molar refractivity (Wildman–Crippen MR) is 245 cm³/mol. The Morgan fingerprint density at radius 1 is 0.288 bits per heavy atom. The fraction of sp³-hybridized carbons (Fsp3) is 0. The number of hydrogen-bond acceptors (Lipinski definition) is 4. The summed E-state index contributed by atoms with van der Waals surface area (Å²) in [5, 5.41) is 17.0. The Hall–Kier alpha value is -7.95. The molecule has 0 aliphatic heterocycles. The van der Waals surface area contributed by atoms with E-state index in [4.69, 9.17) is 19.4 Å². The zero-order chi connectivity index (χ0) is 38.6. The van der Waals surface area contributed by atoms with Crippen LogP contribution in [0.3, 0.4) is 0 Å². The summed E-state index contributed by atoms with van der Waals surface area (Å²) in [5.74, 6) is 1.86. The van der Waals surface area contributed by atoms with Crippen LogP contribution in [-0.4, -0.2) is 15.0 Å². The van der Waals surface area contributed by atoms with Crippen molar-refractivity contribution < 1.29 is 4.42 Å². The SMILES string of the molecule is c1ccc(-c2nc(-c3cccc(-c4cccc5c4oc4ccccc45)c3)nc(-c3cc4ccc5cccc6c7cccc8ccc9cccc(c(c3)c4c56)c9c87)n2)cc1. The van der Waals surface area contributed by atoms with E-state index in [-0.39, 0.29) is 0 Å². The molecule has 2 aromatic heterocycles. The highest BCUT2D eigenvalue weighted by Crippen LogP contribution is 2.44. The molecule has 0 unspecified atom stereocenters. The molecule has 0 bridgehead atoms. The molecular formula is C55H31N3O. The summed E-state index contributed by atoms with van der Waals surface area (Å²) in [6.07, 6.45) is 0. The van der Waals surface area contributed by atoms with Gasteiger partial charge in [-0.1, -0.05) is 164 Å². The van der Waals surface area contributed by atoms with Gasteiger partial charge in [0.05, 0.1) is 0 Å². The number of para-hydroxylation sites is 2. The summed E-state index contributed by atoms with van der Waals surface area (Å²) in [6, 6.07) is 66.9. The molecule has 13 rings (SSSR count). The molecule has 0 atom stereocenters. The molecule has 4 nitrogen and oxygen atoms in total. The van der Waals surface area contributed by atoms with E-state index in [9.17, 15) is 0 Å². The maximum Gasteiger partial charge on any atom is 0.164 e. The molecule has 0 radical (unpaired) electrons. The lowest BCUT2D eigenvalue weighted by Gasteiger charge is -2.17. The number of aromatic nitrogens is 3. The number of hydrogen-bond donors (Lipinski definition) is 0. The Labute approximate surface area is 338 Å². The first kappa shape index (κ1) is 32.2. The van der Waals surface area contributed by atoms with E-state index in [0.29, 0.717) is 17.5 Å². The highest BCUT2D eigenvalue weighted by Gasteiger charge is 2.19. The fourth-order valence-corrected chi connectivity index (χ4v) is 9.56. The second-order valence-corrected chi connectivity index (χ2v) is 15.5. The molecule has 0 aliphatic carbocycles. The normalized spacial score (nSPS) is 12.1. The Balaban J connectivity index is 1.09. The maximum absolute atomic E-state index is 6.46. The molecule has 13 aromatic rings. The van der Waals surface area contributed by atoms with Gasteiger partial charge in [0.25, 0.3) is 0 Å². The number of rotatable bonds is 4. The topological polar surface area (TPSA) is 51.8 Å². The van der Waals surface area contributed by atoms with Crippen molar-refractivity contribution in [2.45, 2.75) is 0 Å². The van der Waals surface area contributed by atoms with E-state index < -0.39 is 0 Å². The van der Waals surface area contributed by atoms with Gasteiger partial charge in [0.1, 0.15) is 11.2 Å². The highest BCUT2D eigenvalue weighted by atomic mass is 16.3. The van der Waals surface area contributed by atoms with E-state index in [2.05, 4.69) is 158 Å². The quantitative estimate of drug-likeness (QED) is 0.168. The van der Waals surface area contributed by atoms with Crippen LogP contribution in [0.15, 0.2) is 192 Å². The Bertz CT molecular complexity index is 3840. The Morgan fingerprint density at radius 3 is 1.49 bits per heavy atom. The van der Waals surface area contributed by atoms with Crippen molar-refractivity contribution in [1.82, 2.24) is 15.0 Å². The van der Waals surface area contributed by atoms with Gasteiger partial charge in [0.2, 0.25) is 0 Å².